The second-order valence-corrected chi connectivity index (χ2v) is 3.99. The number of rotatable bonds is 3. The molecule has 0 fully saturated rings. The molecule has 0 radical (unpaired) electrons. The van der Waals surface area contributed by atoms with Crippen LogP contribution in [0.5, 0.6) is 0 Å². The molecule has 2 N–H and O–H groups in total. The van der Waals surface area contributed by atoms with Crippen LogP contribution in [0.4, 0.5) is 5.69 Å². The fourth-order valence-electron chi connectivity index (χ4n) is 1.10. The predicted octanol–water partition coefficient (Wildman–Crippen LogP) is 2.17. The van der Waals surface area contributed by atoms with Crippen LogP contribution in [0.1, 0.15) is 17.3 Å². The average molecular weight is 211 g/mol. The Hall–Kier alpha value is -1.16. The SMILES string of the molecule is CCSc1ccc(N)cc1C(=O)OC. The zero-order valence-electron chi connectivity index (χ0n) is 8.24. The molecule has 0 spiro atoms. The first-order valence-electron chi connectivity index (χ1n) is 4.29. The molecular weight excluding hydrogens is 198 g/mol. The highest BCUT2D eigenvalue weighted by atomic mass is 32.2. The lowest BCUT2D eigenvalue weighted by Gasteiger charge is -2.06. The van der Waals surface area contributed by atoms with Crippen LogP contribution in [0, 0.1) is 0 Å². The fraction of sp³-hybridized carbons (Fsp3) is 0.300. The van der Waals surface area contributed by atoms with Crippen LogP contribution in [-0.4, -0.2) is 18.8 Å². The Morgan fingerprint density at radius 1 is 1.57 bits per heavy atom. The van der Waals surface area contributed by atoms with E-state index in [1.807, 2.05) is 13.0 Å². The molecule has 1 rings (SSSR count). The van der Waals surface area contributed by atoms with Crippen molar-refractivity contribution in [1.29, 1.82) is 0 Å². The summed E-state index contributed by atoms with van der Waals surface area (Å²) in [5.41, 5.74) is 6.72. The van der Waals surface area contributed by atoms with Gasteiger partial charge in [0, 0.05) is 10.6 Å². The van der Waals surface area contributed by atoms with Crippen LogP contribution in [0.2, 0.25) is 0 Å². The lowest BCUT2D eigenvalue weighted by atomic mass is 10.2. The van der Waals surface area contributed by atoms with Crippen LogP contribution in [-0.2, 0) is 4.74 Å². The molecule has 0 bridgehead atoms. The van der Waals surface area contributed by atoms with Gasteiger partial charge in [0.2, 0.25) is 0 Å². The number of hydrogen-bond donors (Lipinski definition) is 1. The zero-order chi connectivity index (χ0) is 10.6. The van der Waals surface area contributed by atoms with Gasteiger partial charge in [0.05, 0.1) is 12.7 Å². The van der Waals surface area contributed by atoms with Crippen molar-refractivity contribution < 1.29 is 9.53 Å². The molecule has 4 heteroatoms. The number of nitrogens with two attached hydrogens (primary N) is 1. The van der Waals surface area contributed by atoms with Gasteiger partial charge in [-0.3, -0.25) is 0 Å². The van der Waals surface area contributed by atoms with E-state index in [0.717, 1.165) is 10.6 Å². The van der Waals surface area contributed by atoms with E-state index >= 15 is 0 Å². The van der Waals surface area contributed by atoms with Crippen molar-refractivity contribution in [2.24, 2.45) is 0 Å². The first kappa shape index (κ1) is 10.9. The Morgan fingerprint density at radius 2 is 2.29 bits per heavy atom. The summed E-state index contributed by atoms with van der Waals surface area (Å²) in [6, 6.07) is 5.27. The van der Waals surface area contributed by atoms with E-state index in [4.69, 9.17) is 5.73 Å². The maximum Gasteiger partial charge on any atom is 0.339 e. The van der Waals surface area contributed by atoms with Gasteiger partial charge in [0.25, 0.3) is 0 Å². The van der Waals surface area contributed by atoms with Gasteiger partial charge in [-0.15, -0.1) is 11.8 Å². The third-order valence-electron chi connectivity index (χ3n) is 1.71. The summed E-state index contributed by atoms with van der Waals surface area (Å²) in [6.45, 7) is 2.03. The van der Waals surface area contributed by atoms with Crippen LogP contribution in [0.25, 0.3) is 0 Å². The maximum atomic E-state index is 11.4. The molecular formula is C10H13NO2S. The van der Waals surface area contributed by atoms with Crippen LogP contribution in [0.15, 0.2) is 23.1 Å². The molecule has 1 aromatic carbocycles. The van der Waals surface area contributed by atoms with Gasteiger partial charge in [-0.1, -0.05) is 6.92 Å². The third-order valence-corrected chi connectivity index (χ3v) is 2.66. The minimum Gasteiger partial charge on any atom is -0.465 e. The predicted molar refractivity (Wildman–Crippen MR) is 58.6 cm³/mol. The molecule has 14 heavy (non-hydrogen) atoms. The number of esters is 1. The van der Waals surface area contributed by atoms with Gasteiger partial charge in [-0.2, -0.15) is 0 Å². The Kier molecular flexibility index (Phi) is 3.83. The first-order valence-corrected chi connectivity index (χ1v) is 5.28. The summed E-state index contributed by atoms with van der Waals surface area (Å²) in [5, 5.41) is 0. The molecule has 76 valence electrons. The molecule has 0 aliphatic heterocycles. The van der Waals surface area contributed by atoms with E-state index in [-0.39, 0.29) is 5.97 Å². The lowest BCUT2D eigenvalue weighted by molar-refractivity contribution is 0.0597. The fourth-order valence-corrected chi connectivity index (χ4v) is 1.87. The summed E-state index contributed by atoms with van der Waals surface area (Å²) in [5.74, 6) is 0.571. The summed E-state index contributed by atoms with van der Waals surface area (Å²) >= 11 is 1.60. The number of ether oxygens (including phenoxy) is 1. The summed E-state index contributed by atoms with van der Waals surface area (Å²) in [7, 11) is 1.37. The molecule has 0 aliphatic rings. The second-order valence-electron chi connectivity index (χ2n) is 2.68. The van der Waals surface area contributed by atoms with Crippen molar-refractivity contribution >= 4 is 23.4 Å². The number of carbonyl (C=O) groups is 1. The Balaban J connectivity index is 3.08. The van der Waals surface area contributed by atoms with E-state index in [0.29, 0.717) is 11.3 Å². The Labute approximate surface area is 87.6 Å². The molecule has 0 aromatic heterocycles. The topological polar surface area (TPSA) is 52.3 Å². The third kappa shape index (κ3) is 2.42. The van der Waals surface area contributed by atoms with E-state index in [1.165, 1.54) is 7.11 Å². The first-order chi connectivity index (χ1) is 6.69. The quantitative estimate of drug-likeness (QED) is 0.473. The van der Waals surface area contributed by atoms with Gasteiger partial charge < -0.3 is 10.5 Å². The monoisotopic (exact) mass is 211 g/mol. The van der Waals surface area contributed by atoms with Crippen molar-refractivity contribution in [3.05, 3.63) is 23.8 Å². The minimum atomic E-state index is -0.340. The molecule has 0 saturated carbocycles. The van der Waals surface area contributed by atoms with Crippen molar-refractivity contribution in [3.8, 4) is 0 Å². The number of carbonyl (C=O) groups excluding carboxylic acids is 1. The van der Waals surface area contributed by atoms with Gasteiger partial charge in [-0.05, 0) is 24.0 Å². The van der Waals surface area contributed by atoms with E-state index in [1.54, 1.807) is 23.9 Å². The van der Waals surface area contributed by atoms with Crippen molar-refractivity contribution in [3.63, 3.8) is 0 Å². The van der Waals surface area contributed by atoms with Crippen molar-refractivity contribution in [2.45, 2.75) is 11.8 Å². The average Bonchev–Trinajstić information content (AvgIpc) is 2.20. The van der Waals surface area contributed by atoms with E-state index in [2.05, 4.69) is 4.74 Å². The van der Waals surface area contributed by atoms with Crippen LogP contribution >= 0.6 is 11.8 Å². The van der Waals surface area contributed by atoms with Gasteiger partial charge in [0.1, 0.15) is 0 Å². The molecule has 0 atom stereocenters. The molecule has 1 aromatic rings. The largest absolute Gasteiger partial charge is 0.465 e. The highest BCUT2D eigenvalue weighted by Gasteiger charge is 2.11. The number of thioether (sulfide) groups is 1. The van der Waals surface area contributed by atoms with Crippen LogP contribution in [0.3, 0.4) is 0 Å². The van der Waals surface area contributed by atoms with E-state index in [9.17, 15) is 4.79 Å². The Morgan fingerprint density at radius 3 is 2.86 bits per heavy atom. The van der Waals surface area contributed by atoms with Gasteiger partial charge in [0.15, 0.2) is 0 Å². The van der Waals surface area contributed by atoms with Crippen molar-refractivity contribution in [1.82, 2.24) is 0 Å². The number of benzene rings is 1. The van der Waals surface area contributed by atoms with Crippen molar-refractivity contribution in [2.75, 3.05) is 18.6 Å². The summed E-state index contributed by atoms with van der Waals surface area (Å²) in [4.78, 5) is 12.3. The summed E-state index contributed by atoms with van der Waals surface area (Å²) in [6.07, 6.45) is 0. The van der Waals surface area contributed by atoms with Gasteiger partial charge in [-0.25, -0.2) is 4.79 Å². The smallest absolute Gasteiger partial charge is 0.339 e. The minimum absolute atomic E-state index is 0.340. The molecule has 0 heterocycles. The maximum absolute atomic E-state index is 11.4. The number of nitrogen functional groups attached to an aromatic ring is 1. The van der Waals surface area contributed by atoms with Crippen LogP contribution < -0.4 is 5.73 Å². The zero-order valence-corrected chi connectivity index (χ0v) is 9.06. The number of hydrogen-bond acceptors (Lipinski definition) is 4. The van der Waals surface area contributed by atoms with Gasteiger partial charge >= 0.3 is 5.97 Å². The van der Waals surface area contributed by atoms with E-state index < -0.39 is 0 Å². The highest BCUT2D eigenvalue weighted by Crippen LogP contribution is 2.25. The molecule has 0 saturated heterocycles. The standard InChI is InChI=1S/C10H13NO2S/c1-3-14-9-5-4-7(11)6-8(9)10(12)13-2/h4-6H,3,11H2,1-2H3. The number of methoxy groups -OCH3 is 1. The molecule has 3 nitrogen and oxygen atoms in total. The molecule has 0 unspecified atom stereocenters. The molecule has 0 amide bonds. The Bertz CT molecular complexity index is 339. The lowest BCUT2D eigenvalue weighted by Crippen LogP contribution is -2.04. The summed E-state index contributed by atoms with van der Waals surface area (Å²) < 4.78 is 4.67. The normalized spacial score (nSPS) is 9.86. The number of anilines is 1. The molecule has 0 aliphatic carbocycles. The second kappa shape index (κ2) is 4.91. The highest BCUT2D eigenvalue weighted by molar-refractivity contribution is 7.99.